The van der Waals surface area contributed by atoms with Gasteiger partial charge in [-0.15, -0.1) is 0 Å². The maximum Gasteiger partial charge on any atom is 0.231 e. The lowest BCUT2D eigenvalue weighted by Gasteiger charge is -2.34. The highest BCUT2D eigenvalue weighted by Crippen LogP contribution is 2.28. The van der Waals surface area contributed by atoms with E-state index in [4.69, 9.17) is 5.73 Å². The number of carbonyl (C=O) groups is 2. The fraction of sp³-hybridized carbons (Fsp3) is 0.857. The minimum absolute atomic E-state index is 0.283. The van der Waals surface area contributed by atoms with Gasteiger partial charge in [-0.05, 0) is 12.3 Å². The minimum atomic E-state index is -0.291. The van der Waals surface area contributed by atoms with Crippen molar-refractivity contribution < 1.29 is 9.59 Å². The molecule has 1 saturated carbocycles. The van der Waals surface area contributed by atoms with Crippen molar-refractivity contribution in [1.82, 2.24) is 9.80 Å². The second-order valence-electron chi connectivity index (χ2n) is 5.81. The van der Waals surface area contributed by atoms with E-state index in [2.05, 4.69) is 0 Å². The van der Waals surface area contributed by atoms with Crippen LogP contribution in [0.5, 0.6) is 0 Å². The summed E-state index contributed by atoms with van der Waals surface area (Å²) in [4.78, 5) is 26.9. The van der Waals surface area contributed by atoms with Gasteiger partial charge in [-0.25, -0.2) is 0 Å². The monoisotopic (exact) mass is 267 g/mol. The molecule has 5 heteroatoms. The first-order valence-electron chi connectivity index (χ1n) is 7.43. The summed E-state index contributed by atoms with van der Waals surface area (Å²) >= 11 is 0. The van der Waals surface area contributed by atoms with Crippen molar-refractivity contribution in [3.05, 3.63) is 0 Å². The van der Waals surface area contributed by atoms with Gasteiger partial charge >= 0.3 is 0 Å². The van der Waals surface area contributed by atoms with Gasteiger partial charge in [0.2, 0.25) is 11.8 Å². The molecule has 19 heavy (non-hydrogen) atoms. The average molecular weight is 267 g/mol. The molecule has 2 N–H and O–H groups in total. The second-order valence-corrected chi connectivity index (χ2v) is 5.81. The molecule has 0 bridgehead atoms. The van der Waals surface area contributed by atoms with Crippen LogP contribution in [0.15, 0.2) is 0 Å². The first-order chi connectivity index (χ1) is 9.15. The number of primary amides is 1. The molecule has 0 atom stereocenters. The fourth-order valence-electron chi connectivity index (χ4n) is 3.16. The SMILES string of the molecule is NC(=O)CN1CCN(C(=O)CCC2CCCC2)CC1. The molecule has 5 nitrogen and oxygen atoms in total. The Kier molecular flexibility index (Phi) is 5.19. The van der Waals surface area contributed by atoms with Crippen LogP contribution in [-0.4, -0.2) is 54.3 Å². The molecule has 1 aliphatic heterocycles. The van der Waals surface area contributed by atoms with Gasteiger partial charge in [0, 0.05) is 32.6 Å². The van der Waals surface area contributed by atoms with E-state index in [1.165, 1.54) is 25.7 Å². The molecule has 0 radical (unpaired) electrons. The third-order valence-corrected chi connectivity index (χ3v) is 4.35. The van der Waals surface area contributed by atoms with E-state index in [0.29, 0.717) is 13.0 Å². The molecule has 2 rings (SSSR count). The van der Waals surface area contributed by atoms with E-state index in [-0.39, 0.29) is 11.8 Å². The quantitative estimate of drug-likeness (QED) is 0.792. The van der Waals surface area contributed by atoms with Crippen LogP contribution in [0.4, 0.5) is 0 Å². The van der Waals surface area contributed by atoms with Crippen molar-refractivity contribution in [3.63, 3.8) is 0 Å². The smallest absolute Gasteiger partial charge is 0.231 e. The third-order valence-electron chi connectivity index (χ3n) is 4.35. The highest BCUT2D eigenvalue weighted by molar-refractivity contribution is 5.77. The minimum Gasteiger partial charge on any atom is -0.369 e. The van der Waals surface area contributed by atoms with Gasteiger partial charge in [-0.1, -0.05) is 25.7 Å². The summed E-state index contributed by atoms with van der Waals surface area (Å²) in [6.07, 6.45) is 7.04. The van der Waals surface area contributed by atoms with Crippen LogP contribution in [0.3, 0.4) is 0 Å². The zero-order chi connectivity index (χ0) is 13.7. The van der Waals surface area contributed by atoms with E-state index < -0.39 is 0 Å². The van der Waals surface area contributed by atoms with Crippen molar-refractivity contribution in [3.8, 4) is 0 Å². The third kappa shape index (κ3) is 4.49. The molecular weight excluding hydrogens is 242 g/mol. The Labute approximate surface area is 115 Å². The zero-order valence-corrected chi connectivity index (χ0v) is 11.6. The summed E-state index contributed by atoms with van der Waals surface area (Å²) < 4.78 is 0. The maximum absolute atomic E-state index is 12.1. The molecule has 1 aliphatic carbocycles. The van der Waals surface area contributed by atoms with Gasteiger partial charge in [0.15, 0.2) is 0 Å². The van der Waals surface area contributed by atoms with Crippen LogP contribution >= 0.6 is 0 Å². The molecule has 0 aromatic rings. The predicted molar refractivity (Wildman–Crippen MR) is 73.4 cm³/mol. The van der Waals surface area contributed by atoms with Gasteiger partial charge in [-0.2, -0.15) is 0 Å². The summed E-state index contributed by atoms with van der Waals surface area (Å²) in [5, 5.41) is 0. The number of nitrogens with two attached hydrogens (primary N) is 1. The topological polar surface area (TPSA) is 66.6 Å². The molecular formula is C14H25N3O2. The molecule has 2 amide bonds. The largest absolute Gasteiger partial charge is 0.369 e. The molecule has 0 aromatic carbocycles. The Morgan fingerprint density at radius 2 is 1.68 bits per heavy atom. The van der Waals surface area contributed by atoms with Gasteiger partial charge < -0.3 is 10.6 Å². The highest BCUT2D eigenvalue weighted by Gasteiger charge is 2.23. The molecule has 0 spiro atoms. The predicted octanol–water partition coefficient (Wildman–Crippen LogP) is 0.586. The molecule has 2 aliphatic rings. The molecule has 0 unspecified atom stereocenters. The molecule has 2 fully saturated rings. The number of hydrogen-bond donors (Lipinski definition) is 1. The zero-order valence-electron chi connectivity index (χ0n) is 11.6. The summed E-state index contributed by atoms with van der Waals surface area (Å²) in [7, 11) is 0. The second kappa shape index (κ2) is 6.89. The number of rotatable bonds is 5. The number of piperazine rings is 1. The van der Waals surface area contributed by atoms with Crippen molar-refractivity contribution in [1.29, 1.82) is 0 Å². The van der Waals surface area contributed by atoms with E-state index in [1.54, 1.807) is 0 Å². The van der Waals surface area contributed by atoms with Crippen molar-refractivity contribution >= 4 is 11.8 Å². The fourth-order valence-corrected chi connectivity index (χ4v) is 3.16. The number of amides is 2. The summed E-state index contributed by atoms with van der Waals surface area (Å²) in [5.41, 5.74) is 5.17. The summed E-state index contributed by atoms with van der Waals surface area (Å²) in [6.45, 7) is 3.30. The Balaban J connectivity index is 1.65. The van der Waals surface area contributed by atoms with Crippen LogP contribution in [0.1, 0.15) is 38.5 Å². The normalized spacial score (nSPS) is 21.8. The lowest BCUT2D eigenvalue weighted by atomic mass is 10.0. The first-order valence-corrected chi connectivity index (χ1v) is 7.43. The average Bonchev–Trinajstić information content (AvgIpc) is 2.89. The van der Waals surface area contributed by atoms with E-state index in [0.717, 1.165) is 38.5 Å². The number of nitrogens with zero attached hydrogens (tertiary/aromatic N) is 2. The first kappa shape index (κ1) is 14.3. The van der Waals surface area contributed by atoms with Crippen molar-refractivity contribution in [2.24, 2.45) is 11.7 Å². The number of carbonyl (C=O) groups excluding carboxylic acids is 2. The van der Waals surface area contributed by atoms with Crippen molar-refractivity contribution in [2.75, 3.05) is 32.7 Å². The van der Waals surface area contributed by atoms with Crippen LogP contribution in [-0.2, 0) is 9.59 Å². The summed E-state index contributed by atoms with van der Waals surface area (Å²) in [5.74, 6) is 0.770. The Morgan fingerprint density at radius 3 is 2.26 bits per heavy atom. The Hall–Kier alpha value is -1.10. The molecule has 108 valence electrons. The van der Waals surface area contributed by atoms with Crippen molar-refractivity contribution in [2.45, 2.75) is 38.5 Å². The highest BCUT2D eigenvalue weighted by atomic mass is 16.2. The van der Waals surface area contributed by atoms with E-state index >= 15 is 0 Å². The van der Waals surface area contributed by atoms with Crippen LogP contribution < -0.4 is 5.73 Å². The van der Waals surface area contributed by atoms with Gasteiger partial charge in [0.25, 0.3) is 0 Å². The van der Waals surface area contributed by atoms with Gasteiger partial charge in [0.05, 0.1) is 6.54 Å². The van der Waals surface area contributed by atoms with Crippen LogP contribution in [0.25, 0.3) is 0 Å². The molecule has 0 aromatic heterocycles. The van der Waals surface area contributed by atoms with E-state index in [9.17, 15) is 9.59 Å². The Bertz CT molecular complexity index is 319. The van der Waals surface area contributed by atoms with Crippen LogP contribution in [0.2, 0.25) is 0 Å². The van der Waals surface area contributed by atoms with Gasteiger partial charge in [-0.3, -0.25) is 14.5 Å². The lowest BCUT2D eigenvalue weighted by molar-refractivity contribution is -0.133. The summed E-state index contributed by atoms with van der Waals surface area (Å²) in [6, 6.07) is 0. The number of hydrogen-bond acceptors (Lipinski definition) is 3. The maximum atomic E-state index is 12.1. The van der Waals surface area contributed by atoms with E-state index in [1.807, 2.05) is 9.80 Å². The lowest BCUT2D eigenvalue weighted by Crippen LogP contribution is -2.50. The Morgan fingerprint density at radius 1 is 1.05 bits per heavy atom. The van der Waals surface area contributed by atoms with Gasteiger partial charge in [0.1, 0.15) is 0 Å². The molecule has 1 heterocycles. The molecule has 1 saturated heterocycles. The standard InChI is InChI=1S/C14H25N3O2/c15-13(18)11-16-7-9-17(10-8-16)14(19)6-5-12-3-1-2-4-12/h12H,1-11H2,(H2,15,18). The van der Waals surface area contributed by atoms with Crippen LogP contribution in [0, 0.1) is 5.92 Å².